The highest BCUT2D eigenvalue weighted by Gasteiger charge is 2.43. The fourth-order valence-electron chi connectivity index (χ4n) is 4.54. The number of nitrogens with zero attached hydrogens (tertiary/aromatic N) is 2. The van der Waals surface area contributed by atoms with Crippen LogP contribution in [0.1, 0.15) is 49.8 Å². The zero-order chi connectivity index (χ0) is 20.4. The van der Waals surface area contributed by atoms with Crippen LogP contribution in [0.5, 0.6) is 0 Å². The second-order valence-electron chi connectivity index (χ2n) is 8.34. The van der Waals surface area contributed by atoms with Crippen LogP contribution in [0.3, 0.4) is 0 Å². The first-order valence-corrected chi connectivity index (χ1v) is 10.4. The summed E-state index contributed by atoms with van der Waals surface area (Å²) in [6, 6.07) is 15.0. The first-order valence-electron chi connectivity index (χ1n) is 10.4. The van der Waals surface area contributed by atoms with Gasteiger partial charge in [0, 0.05) is 12.6 Å². The Morgan fingerprint density at radius 2 is 1.59 bits per heavy atom. The average molecular weight is 394 g/mol. The Balaban J connectivity index is 1.65. The van der Waals surface area contributed by atoms with Crippen LogP contribution >= 0.6 is 0 Å². The number of halogens is 1. The van der Waals surface area contributed by atoms with E-state index in [9.17, 15) is 14.0 Å². The van der Waals surface area contributed by atoms with E-state index in [1.54, 1.807) is 21.9 Å². The van der Waals surface area contributed by atoms with E-state index in [0.717, 1.165) is 31.2 Å². The molecular weight excluding hydrogens is 367 g/mol. The van der Waals surface area contributed by atoms with E-state index in [2.05, 4.69) is 6.92 Å². The van der Waals surface area contributed by atoms with Crippen molar-refractivity contribution >= 4 is 11.8 Å². The van der Waals surface area contributed by atoms with Gasteiger partial charge in [-0.15, -0.1) is 0 Å². The number of benzene rings is 2. The molecule has 2 aromatic carbocycles. The first kappa shape index (κ1) is 19.6. The molecule has 2 aliphatic rings. The predicted octanol–water partition coefficient (Wildman–Crippen LogP) is 4.32. The standard InChI is InChI=1S/C24H27FN2O2/c1-17-7-13-21(14-8-17)26-16-22(28)27(15-18-5-3-2-4-6-18)23(24(26)29)19-9-11-20(25)12-10-19/h2-6,9-12,17,21,23H,7-8,13-16H2,1H3/t17?,21?,23-/m0/s1. The third-order valence-corrected chi connectivity index (χ3v) is 6.26. The van der Waals surface area contributed by atoms with Crippen molar-refractivity contribution in [3.63, 3.8) is 0 Å². The lowest BCUT2D eigenvalue weighted by Crippen LogP contribution is -2.58. The van der Waals surface area contributed by atoms with Crippen molar-refractivity contribution in [2.75, 3.05) is 6.54 Å². The Hall–Kier alpha value is -2.69. The summed E-state index contributed by atoms with van der Waals surface area (Å²) < 4.78 is 13.5. The monoisotopic (exact) mass is 394 g/mol. The van der Waals surface area contributed by atoms with Crippen LogP contribution in [0.2, 0.25) is 0 Å². The molecule has 1 saturated heterocycles. The van der Waals surface area contributed by atoms with Gasteiger partial charge >= 0.3 is 0 Å². The van der Waals surface area contributed by atoms with Crippen LogP contribution in [0.4, 0.5) is 4.39 Å². The molecule has 2 fully saturated rings. The lowest BCUT2D eigenvalue weighted by atomic mass is 9.85. The predicted molar refractivity (Wildman–Crippen MR) is 109 cm³/mol. The number of hydrogen-bond donors (Lipinski definition) is 0. The Morgan fingerprint density at radius 3 is 2.24 bits per heavy atom. The minimum absolute atomic E-state index is 0.0494. The highest BCUT2D eigenvalue weighted by Crippen LogP contribution is 2.34. The van der Waals surface area contributed by atoms with Crippen molar-refractivity contribution in [1.82, 2.24) is 9.80 Å². The molecule has 1 heterocycles. The molecule has 0 unspecified atom stereocenters. The van der Waals surface area contributed by atoms with E-state index in [4.69, 9.17) is 0 Å². The van der Waals surface area contributed by atoms with Crippen LogP contribution in [0, 0.1) is 11.7 Å². The molecule has 0 radical (unpaired) electrons. The molecule has 152 valence electrons. The summed E-state index contributed by atoms with van der Waals surface area (Å²) in [7, 11) is 0. The van der Waals surface area contributed by atoms with Crippen LogP contribution in [-0.2, 0) is 16.1 Å². The smallest absolute Gasteiger partial charge is 0.250 e. The van der Waals surface area contributed by atoms with Crippen LogP contribution in [0.15, 0.2) is 54.6 Å². The fraction of sp³-hybridized carbons (Fsp3) is 0.417. The highest BCUT2D eigenvalue weighted by atomic mass is 19.1. The molecule has 2 amide bonds. The summed E-state index contributed by atoms with van der Waals surface area (Å²) in [5, 5.41) is 0. The van der Waals surface area contributed by atoms with Gasteiger partial charge in [0.15, 0.2) is 0 Å². The Labute approximate surface area is 171 Å². The topological polar surface area (TPSA) is 40.6 Å². The van der Waals surface area contributed by atoms with E-state index in [1.165, 1.54) is 12.1 Å². The van der Waals surface area contributed by atoms with Gasteiger partial charge in [0.1, 0.15) is 18.4 Å². The van der Waals surface area contributed by atoms with Gasteiger partial charge in [-0.2, -0.15) is 0 Å². The third kappa shape index (κ3) is 4.19. The lowest BCUT2D eigenvalue weighted by Gasteiger charge is -2.45. The maximum atomic E-state index is 13.6. The molecule has 0 spiro atoms. The van der Waals surface area contributed by atoms with Gasteiger partial charge in [-0.1, -0.05) is 49.4 Å². The summed E-state index contributed by atoms with van der Waals surface area (Å²) in [4.78, 5) is 30.2. The van der Waals surface area contributed by atoms with E-state index in [0.29, 0.717) is 18.0 Å². The van der Waals surface area contributed by atoms with E-state index in [-0.39, 0.29) is 30.2 Å². The number of carbonyl (C=O) groups excluding carboxylic acids is 2. The third-order valence-electron chi connectivity index (χ3n) is 6.26. The molecule has 1 saturated carbocycles. The second kappa shape index (κ2) is 8.36. The molecule has 1 atom stereocenters. The number of rotatable bonds is 4. The lowest BCUT2D eigenvalue weighted by molar-refractivity contribution is -0.160. The maximum absolute atomic E-state index is 13.6. The largest absolute Gasteiger partial charge is 0.328 e. The highest BCUT2D eigenvalue weighted by molar-refractivity contribution is 5.95. The van der Waals surface area contributed by atoms with Gasteiger partial charge in [-0.05, 0) is 54.9 Å². The van der Waals surface area contributed by atoms with Gasteiger partial charge < -0.3 is 9.80 Å². The van der Waals surface area contributed by atoms with E-state index in [1.807, 2.05) is 30.3 Å². The zero-order valence-electron chi connectivity index (χ0n) is 16.8. The van der Waals surface area contributed by atoms with Gasteiger partial charge in [0.2, 0.25) is 5.91 Å². The Bertz CT molecular complexity index is 860. The minimum Gasteiger partial charge on any atom is -0.328 e. The van der Waals surface area contributed by atoms with Crippen molar-refractivity contribution in [1.29, 1.82) is 0 Å². The van der Waals surface area contributed by atoms with Crippen LogP contribution in [0.25, 0.3) is 0 Å². The minimum atomic E-state index is -0.712. The summed E-state index contributed by atoms with van der Waals surface area (Å²) in [5.74, 6) is 0.216. The normalized spacial score (nSPS) is 25.4. The van der Waals surface area contributed by atoms with Gasteiger partial charge in [-0.3, -0.25) is 9.59 Å². The zero-order valence-corrected chi connectivity index (χ0v) is 16.8. The molecule has 4 nitrogen and oxygen atoms in total. The molecule has 0 aromatic heterocycles. The number of carbonyl (C=O) groups is 2. The Kier molecular flexibility index (Phi) is 5.65. The number of hydrogen-bond acceptors (Lipinski definition) is 2. The SMILES string of the molecule is CC1CCC(N2CC(=O)N(Cc3ccccc3)[C@@H](c3ccc(F)cc3)C2=O)CC1. The molecular formula is C24H27FN2O2. The summed E-state index contributed by atoms with van der Waals surface area (Å²) in [6.07, 6.45) is 4.04. The van der Waals surface area contributed by atoms with E-state index < -0.39 is 6.04 Å². The molecule has 0 N–H and O–H groups in total. The Morgan fingerprint density at radius 1 is 0.931 bits per heavy atom. The summed E-state index contributed by atoms with van der Waals surface area (Å²) in [5.41, 5.74) is 1.63. The molecule has 1 aliphatic carbocycles. The van der Waals surface area contributed by atoms with Crippen molar-refractivity contribution in [2.45, 2.75) is 51.2 Å². The second-order valence-corrected chi connectivity index (χ2v) is 8.34. The van der Waals surface area contributed by atoms with Crippen molar-refractivity contribution < 1.29 is 14.0 Å². The van der Waals surface area contributed by atoms with E-state index >= 15 is 0 Å². The summed E-state index contributed by atoms with van der Waals surface area (Å²) >= 11 is 0. The number of amides is 2. The van der Waals surface area contributed by atoms with Crippen molar-refractivity contribution in [3.05, 3.63) is 71.5 Å². The van der Waals surface area contributed by atoms with Gasteiger partial charge in [0.25, 0.3) is 5.91 Å². The number of piperazine rings is 1. The van der Waals surface area contributed by atoms with Gasteiger partial charge in [-0.25, -0.2) is 4.39 Å². The first-order chi connectivity index (χ1) is 14.0. The van der Waals surface area contributed by atoms with Crippen LogP contribution < -0.4 is 0 Å². The van der Waals surface area contributed by atoms with Crippen molar-refractivity contribution in [2.24, 2.45) is 5.92 Å². The van der Waals surface area contributed by atoms with Gasteiger partial charge in [0.05, 0.1) is 0 Å². The van der Waals surface area contributed by atoms with Crippen LogP contribution in [-0.4, -0.2) is 34.2 Å². The molecule has 29 heavy (non-hydrogen) atoms. The summed E-state index contributed by atoms with van der Waals surface area (Å²) in [6.45, 7) is 2.73. The molecule has 2 aromatic rings. The molecule has 5 heteroatoms. The molecule has 0 bridgehead atoms. The van der Waals surface area contributed by atoms with Crippen molar-refractivity contribution in [3.8, 4) is 0 Å². The molecule has 1 aliphatic heterocycles. The average Bonchev–Trinajstić information content (AvgIpc) is 2.73. The quantitative estimate of drug-likeness (QED) is 0.775. The maximum Gasteiger partial charge on any atom is 0.250 e. The molecule has 4 rings (SSSR count). The fourth-order valence-corrected chi connectivity index (χ4v) is 4.54.